The minimum atomic E-state index is -0.387. The first kappa shape index (κ1) is 50.2. The van der Waals surface area contributed by atoms with Crippen molar-refractivity contribution >= 4 is 115 Å². The van der Waals surface area contributed by atoms with Crippen molar-refractivity contribution in [1.82, 2.24) is 28.0 Å². The molecule has 4 heterocycles. The lowest BCUT2D eigenvalue weighted by atomic mass is 9.67. The first-order valence-electron chi connectivity index (χ1n) is 25.0. The third-order valence-electron chi connectivity index (χ3n) is 14.5. The fourth-order valence-corrected chi connectivity index (χ4v) is 14.9. The largest absolute Gasteiger partial charge is 0.293 e. The van der Waals surface area contributed by atoms with Crippen molar-refractivity contribution in [1.29, 1.82) is 0 Å². The summed E-state index contributed by atoms with van der Waals surface area (Å²) >= 11 is 16.6. The normalized spacial score (nSPS) is 22.1. The Balaban J connectivity index is 1.13. The molecule has 1 aromatic heterocycles. The van der Waals surface area contributed by atoms with Crippen LogP contribution in [0.3, 0.4) is 0 Å². The van der Waals surface area contributed by atoms with Gasteiger partial charge in [0.25, 0.3) is 11.1 Å². The van der Waals surface area contributed by atoms with E-state index in [1.165, 1.54) is 151 Å². The highest BCUT2D eigenvalue weighted by atomic mass is 32.2. The Bertz CT molecular complexity index is 2830. The van der Waals surface area contributed by atoms with E-state index >= 15 is 0 Å². The molecule has 3 atom stereocenters. The molecule has 360 valence electrons. The van der Waals surface area contributed by atoms with Crippen LogP contribution in [0.5, 0.6) is 0 Å². The predicted molar refractivity (Wildman–Crippen MR) is 303 cm³/mol. The number of allylic oxidation sites excluding steroid dienone is 3. The molecular formula is C55H62N6O2S6. The first-order chi connectivity index (χ1) is 33.6. The summed E-state index contributed by atoms with van der Waals surface area (Å²) < 4.78 is 17.7. The van der Waals surface area contributed by atoms with Crippen molar-refractivity contribution in [2.75, 3.05) is 13.1 Å². The monoisotopic (exact) mass is 1030 g/mol. The number of thioether (sulfide) groups is 2. The molecular weight excluding hydrogens is 969 g/mol. The number of aromatic nitrogens is 2. The van der Waals surface area contributed by atoms with Gasteiger partial charge in [0.1, 0.15) is 20.3 Å². The summed E-state index contributed by atoms with van der Waals surface area (Å²) in [6.45, 7) is 14.7. The van der Waals surface area contributed by atoms with Crippen LogP contribution in [0.25, 0.3) is 44.9 Å². The van der Waals surface area contributed by atoms with Gasteiger partial charge in [0, 0.05) is 41.8 Å². The number of hydrogen-bond donors (Lipinski definition) is 2. The number of fused-ring (bicyclic) bond motifs is 5. The summed E-state index contributed by atoms with van der Waals surface area (Å²) in [6, 6.07) is 18.5. The Morgan fingerprint density at radius 1 is 0.710 bits per heavy atom. The summed E-state index contributed by atoms with van der Waals surface area (Å²) in [6.07, 6.45) is 25.1. The lowest BCUT2D eigenvalue weighted by Gasteiger charge is -2.36. The number of thiocarbonyl (C=S) groups is 2. The molecule has 2 aliphatic carbocycles. The zero-order valence-corrected chi connectivity index (χ0v) is 45.1. The summed E-state index contributed by atoms with van der Waals surface area (Å²) in [5.41, 5.74) is 14.4. The van der Waals surface area contributed by atoms with Crippen molar-refractivity contribution in [2.45, 2.75) is 135 Å². The smallest absolute Gasteiger partial charge is 0.291 e. The highest BCUT2D eigenvalue weighted by Crippen LogP contribution is 2.58. The number of carbonyl (C=O) groups excluding carboxylic acids is 2. The first-order valence-corrected chi connectivity index (χ1v) is 29.0. The average Bonchev–Trinajstić information content (AvgIpc) is 4.19. The fourth-order valence-electron chi connectivity index (χ4n) is 10.8. The maximum atomic E-state index is 13.3. The van der Waals surface area contributed by atoms with Crippen LogP contribution in [-0.4, -0.2) is 64.2 Å². The number of nitrogens with one attached hydrogen (secondary N) is 2. The molecule has 3 aliphatic heterocycles. The van der Waals surface area contributed by atoms with Gasteiger partial charge >= 0.3 is 0 Å². The fraction of sp³-hybridized carbons (Fsp3) is 0.418. The zero-order chi connectivity index (χ0) is 48.2. The van der Waals surface area contributed by atoms with E-state index in [0.717, 1.165) is 63.9 Å². The number of amides is 2. The van der Waals surface area contributed by atoms with Gasteiger partial charge in [0.15, 0.2) is 0 Å². The molecule has 3 unspecified atom stereocenters. The molecule has 3 aromatic carbocycles. The molecule has 0 bridgehead atoms. The van der Waals surface area contributed by atoms with Crippen LogP contribution < -0.4 is 9.44 Å². The average molecular weight is 1030 g/mol. The Kier molecular flexibility index (Phi) is 16.3. The minimum Gasteiger partial charge on any atom is -0.293 e. The SMILES string of the molecule is C=C(CCCCCCCC)C1(CCCCCCCC)c2cc(C3=CC=C(/C=C4\SC(=S)N(CC)C4=O)C4NSNC34)ccc2-c2ccc(-c3ccc(/C=C4\SC(=O)N(CC)C4=S)c4nsnc34)cc21. The molecule has 8 nitrogen and oxygen atoms in total. The summed E-state index contributed by atoms with van der Waals surface area (Å²) in [4.78, 5) is 31.3. The summed E-state index contributed by atoms with van der Waals surface area (Å²) in [7, 11) is 0. The number of hydrogen-bond acceptors (Lipinski definition) is 12. The molecule has 14 heteroatoms. The quantitative estimate of drug-likeness (QED) is 0.0275. The standard InChI is InChI=1S/C55H62N6O2S6/c1-6-10-12-14-16-18-20-34(5)55(29-19-17-15-13-11-7-2)43-30-35(39-25-23-37(47-49(39)58-68-56-47)32-45-51(62)60(8-3)54(65)67-45)21-27-41(43)42-28-22-36(31-44(42)55)40-26-24-38(48-50(40)59-69-57-48)33-46-52(64)61(9-4)53(63)66-46/h21-28,30-33,47,49,56,58H,5-20,29H2,1-4H3/b45-32-,46-33-. The van der Waals surface area contributed by atoms with Crippen molar-refractivity contribution < 1.29 is 9.59 Å². The number of likely N-dealkylation sites (N-methyl/N-ethyl adjacent to an activating group) is 2. The van der Waals surface area contributed by atoms with E-state index < -0.39 is 0 Å². The second kappa shape index (κ2) is 22.4. The van der Waals surface area contributed by atoms with Crippen LogP contribution in [0.2, 0.25) is 0 Å². The molecule has 69 heavy (non-hydrogen) atoms. The van der Waals surface area contributed by atoms with Gasteiger partial charge in [0.05, 0.1) is 33.6 Å². The third kappa shape index (κ3) is 9.82. The second-order valence-corrected chi connectivity index (χ2v) is 22.9. The van der Waals surface area contributed by atoms with Crippen molar-refractivity contribution in [3.05, 3.63) is 117 Å². The van der Waals surface area contributed by atoms with Crippen molar-refractivity contribution in [3.8, 4) is 22.3 Å². The molecule has 4 aromatic rings. The minimum absolute atomic E-state index is 0.00282. The lowest BCUT2D eigenvalue weighted by Crippen LogP contribution is -2.37. The van der Waals surface area contributed by atoms with Crippen LogP contribution in [0, 0.1) is 0 Å². The number of benzene rings is 3. The lowest BCUT2D eigenvalue weighted by molar-refractivity contribution is -0.122. The summed E-state index contributed by atoms with van der Waals surface area (Å²) in [5, 5.41) is -0.0383. The van der Waals surface area contributed by atoms with Gasteiger partial charge in [-0.1, -0.05) is 181 Å². The van der Waals surface area contributed by atoms with E-state index in [1.54, 1.807) is 9.80 Å². The van der Waals surface area contributed by atoms with E-state index in [1.807, 2.05) is 26.0 Å². The van der Waals surface area contributed by atoms with Gasteiger partial charge in [-0.25, -0.2) is 9.44 Å². The van der Waals surface area contributed by atoms with Gasteiger partial charge in [-0.3, -0.25) is 19.4 Å². The molecule has 9 rings (SSSR count). The van der Waals surface area contributed by atoms with E-state index in [4.69, 9.17) is 39.8 Å². The Morgan fingerprint density at radius 2 is 1.35 bits per heavy atom. The van der Waals surface area contributed by atoms with E-state index in [-0.39, 0.29) is 28.6 Å². The highest BCUT2D eigenvalue weighted by Gasteiger charge is 2.46. The van der Waals surface area contributed by atoms with Crippen LogP contribution in [0.15, 0.2) is 94.3 Å². The van der Waals surface area contributed by atoms with Crippen molar-refractivity contribution in [2.24, 2.45) is 0 Å². The van der Waals surface area contributed by atoms with Crippen LogP contribution in [0.1, 0.15) is 140 Å². The highest BCUT2D eigenvalue weighted by molar-refractivity contribution is 8.26. The Labute approximate surface area is 436 Å². The van der Waals surface area contributed by atoms with Gasteiger partial charge in [0.2, 0.25) is 0 Å². The molecule has 5 aliphatic rings. The van der Waals surface area contributed by atoms with Crippen LogP contribution in [-0.2, 0) is 10.2 Å². The van der Waals surface area contributed by atoms with E-state index in [9.17, 15) is 9.59 Å². The molecule has 3 fully saturated rings. The predicted octanol–water partition coefficient (Wildman–Crippen LogP) is 15.1. The van der Waals surface area contributed by atoms with Crippen LogP contribution >= 0.6 is 71.8 Å². The molecule has 3 saturated heterocycles. The van der Waals surface area contributed by atoms with Gasteiger partial charge in [-0.2, -0.15) is 8.75 Å². The Hall–Kier alpha value is -3.73. The second-order valence-electron chi connectivity index (χ2n) is 18.7. The molecule has 0 radical (unpaired) electrons. The molecule has 2 N–H and O–H groups in total. The van der Waals surface area contributed by atoms with Gasteiger partial charge in [-0.05, 0) is 114 Å². The number of unbranched alkanes of at least 4 members (excludes halogenated alkanes) is 10. The van der Waals surface area contributed by atoms with Gasteiger partial charge in [-0.15, -0.1) is 0 Å². The zero-order valence-electron chi connectivity index (χ0n) is 40.2. The Morgan fingerprint density at radius 3 is 2.04 bits per heavy atom. The van der Waals surface area contributed by atoms with E-state index in [0.29, 0.717) is 27.3 Å². The number of carbonyl (C=O) groups is 2. The molecule has 0 spiro atoms. The molecule has 0 saturated carbocycles. The number of nitrogens with zero attached hydrogens (tertiary/aromatic N) is 4. The maximum absolute atomic E-state index is 13.3. The summed E-state index contributed by atoms with van der Waals surface area (Å²) in [5.74, 6) is -0.0177. The molecule has 2 amide bonds. The third-order valence-corrected chi connectivity index (χ3v) is 18.6. The van der Waals surface area contributed by atoms with Gasteiger partial charge < -0.3 is 0 Å². The number of rotatable bonds is 21. The topological polar surface area (TPSA) is 90.5 Å². The van der Waals surface area contributed by atoms with E-state index in [2.05, 4.69) is 84.0 Å². The van der Waals surface area contributed by atoms with Crippen molar-refractivity contribution in [3.63, 3.8) is 0 Å². The van der Waals surface area contributed by atoms with Crippen LogP contribution in [0.4, 0.5) is 4.79 Å². The maximum Gasteiger partial charge on any atom is 0.291 e.